The molecular weight excluding hydrogens is 349 g/mol. The van der Waals surface area contributed by atoms with Gasteiger partial charge >= 0.3 is 6.18 Å². The molecule has 0 saturated heterocycles. The van der Waals surface area contributed by atoms with Gasteiger partial charge in [-0.3, -0.25) is 15.2 Å². The van der Waals surface area contributed by atoms with E-state index in [1.165, 1.54) is 11.1 Å². The zero-order chi connectivity index (χ0) is 20.1. The van der Waals surface area contributed by atoms with E-state index in [-0.39, 0.29) is 30.1 Å². The SMILES string of the molecule is CN(C)CCC(=O)NN(CC(C)(C)C)c1cc(C(F)(F)F)nc(C#N)n1. The molecule has 1 heterocycles. The highest BCUT2D eigenvalue weighted by atomic mass is 19.4. The van der Waals surface area contributed by atoms with Crippen LogP contribution in [0.15, 0.2) is 6.07 Å². The minimum atomic E-state index is -4.73. The molecule has 0 spiro atoms. The zero-order valence-electron chi connectivity index (χ0n) is 15.5. The Labute approximate surface area is 150 Å². The van der Waals surface area contributed by atoms with Gasteiger partial charge < -0.3 is 4.90 Å². The number of hydrogen-bond donors (Lipinski definition) is 1. The zero-order valence-corrected chi connectivity index (χ0v) is 15.5. The topological polar surface area (TPSA) is 85.2 Å². The second-order valence-corrected chi connectivity index (χ2v) is 7.28. The van der Waals surface area contributed by atoms with Crippen molar-refractivity contribution in [2.75, 3.05) is 32.2 Å². The molecule has 0 radical (unpaired) electrons. The summed E-state index contributed by atoms with van der Waals surface area (Å²) >= 11 is 0. The van der Waals surface area contributed by atoms with Gasteiger partial charge in [0.25, 0.3) is 0 Å². The van der Waals surface area contributed by atoms with Gasteiger partial charge in [-0.05, 0) is 19.5 Å². The number of nitrogens with one attached hydrogen (secondary N) is 1. The Kier molecular flexibility index (Phi) is 6.92. The average Bonchev–Trinajstić information content (AvgIpc) is 2.49. The number of nitrogens with zero attached hydrogens (tertiary/aromatic N) is 5. The Morgan fingerprint density at radius 2 is 1.88 bits per heavy atom. The molecule has 1 N–H and O–H groups in total. The maximum absolute atomic E-state index is 13.0. The lowest BCUT2D eigenvalue weighted by Gasteiger charge is -2.31. The molecule has 0 aromatic carbocycles. The summed E-state index contributed by atoms with van der Waals surface area (Å²) < 4.78 is 39.1. The van der Waals surface area contributed by atoms with Gasteiger partial charge in [0.05, 0.1) is 0 Å². The number of hydrogen-bond acceptors (Lipinski definition) is 6. The molecule has 0 unspecified atom stereocenters. The lowest BCUT2D eigenvalue weighted by atomic mass is 9.96. The van der Waals surface area contributed by atoms with Crippen molar-refractivity contribution in [2.24, 2.45) is 5.41 Å². The van der Waals surface area contributed by atoms with Crippen molar-refractivity contribution in [1.82, 2.24) is 20.3 Å². The number of hydrazine groups is 1. The van der Waals surface area contributed by atoms with Gasteiger partial charge in [0.1, 0.15) is 6.07 Å². The van der Waals surface area contributed by atoms with Crippen molar-refractivity contribution >= 4 is 11.7 Å². The lowest BCUT2D eigenvalue weighted by Crippen LogP contribution is -2.47. The normalized spacial score (nSPS) is 12.0. The molecule has 1 aromatic heterocycles. The third-order valence-corrected chi connectivity index (χ3v) is 3.06. The molecule has 7 nitrogen and oxygen atoms in total. The van der Waals surface area contributed by atoms with Crippen LogP contribution in [0.3, 0.4) is 0 Å². The molecule has 0 saturated carbocycles. The number of halogens is 3. The van der Waals surface area contributed by atoms with Gasteiger partial charge in [0.2, 0.25) is 11.7 Å². The largest absolute Gasteiger partial charge is 0.433 e. The summed E-state index contributed by atoms with van der Waals surface area (Å²) in [6.07, 6.45) is -4.57. The summed E-state index contributed by atoms with van der Waals surface area (Å²) in [6, 6.07) is 2.24. The summed E-state index contributed by atoms with van der Waals surface area (Å²) in [5, 5.41) is 10.2. The first kappa shape index (κ1) is 21.6. The van der Waals surface area contributed by atoms with Crippen molar-refractivity contribution in [2.45, 2.75) is 33.4 Å². The molecule has 10 heteroatoms. The van der Waals surface area contributed by atoms with Crippen molar-refractivity contribution in [1.29, 1.82) is 5.26 Å². The highest BCUT2D eigenvalue weighted by Crippen LogP contribution is 2.30. The first-order valence-corrected chi connectivity index (χ1v) is 7.90. The van der Waals surface area contributed by atoms with Crippen molar-refractivity contribution in [3.05, 3.63) is 17.6 Å². The Bertz CT molecular complexity index is 676. The van der Waals surface area contributed by atoms with E-state index in [1.807, 2.05) is 25.7 Å². The molecule has 1 rings (SSSR count). The molecule has 1 aromatic rings. The fraction of sp³-hybridized carbons (Fsp3) is 0.625. The number of anilines is 1. The predicted molar refractivity (Wildman–Crippen MR) is 89.9 cm³/mol. The Hall–Kier alpha value is -2.41. The van der Waals surface area contributed by atoms with Crippen LogP contribution in [-0.2, 0) is 11.0 Å². The number of carbonyl (C=O) groups excluding carboxylic acids is 1. The van der Waals surface area contributed by atoms with Crippen LogP contribution >= 0.6 is 0 Å². The molecular formula is C16H23F3N6O. The van der Waals surface area contributed by atoms with Crippen molar-refractivity contribution < 1.29 is 18.0 Å². The van der Waals surface area contributed by atoms with Gasteiger partial charge in [-0.2, -0.15) is 23.4 Å². The van der Waals surface area contributed by atoms with Gasteiger partial charge in [0, 0.05) is 25.6 Å². The van der Waals surface area contributed by atoms with Crippen LogP contribution in [0.1, 0.15) is 38.7 Å². The molecule has 0 bridgehead atoms. The molecule has 144 valence electrons. The minimum Gasteiger partial charge on any atom is -0.309 e. The third-order valence-electron chi connectivity index (χ3n) is 3.06. The molecule has 0 aliphatic carbocycles. The van der Waals surface area contributed by atoms with E-state index in [2.05, 4.69) is 15.4 Å². The summed E-state index contributed by atoms with van der Waals surface area (Å²) in [6.45, 7) is 6.27. The molecule has 1 amide bonds. The summed E-state index contributed by atoms with van der Waals surface area (Å²) in [7, 11) is 3.61. The Morgan fingerprint density at radius 1 is 1.27 bits per heavy atom. The van der Waals surface area contributed by atoms with Gasteiger partial charge in [0.15, 0.2) is 11.5 Å². The fourth-order valence-electron chi connectivity index (χ4n) is 1.95. The minimum absolute atomic E-state index is 0.163. The van der Waals surface area contributed by atoms with Gasteiger partial charge in [-0.25, -0.2) is 4.98 Å². The van der Waals surface area contributed by atoms with E-state index in [9.17, 15) is 18.0 Å². The highest BCUT2D eigenvalue weighted by Gasteiger charge is 2.34. The molecule has 0 fully saturated rings. The highest BCUT2D eigenvalue weighted by molar-refractivity contribution is 5.77. The summed E-state index contributed by atoms with van der Waals surface area (Å²) in [5.41, 5.74) is 0.984. The fourth-order valence-corrected chi connectivity index (χ4v) is 1.95. The second kappa shape index (κ2) is 8.31. The van der Waals surface area contributed by atoms with E-state index < -0.39 is 17.7 Å². The predicted octanol–water partition coefficient (Wildman–Crippen LogP) is 2.20. The van der Waals surface area contributed by atoms with Crippen LogP contribution in [0, 0.1) is 16.7 Å². The van der Waals surface area contributed by atoms with Crippen LogP contribution < -0.4 is 10.4 Å². The van der Waals surface area contributed by atoms with E-state index in [4.69, 9.17) is 5.26 Å². The van der Waals surface area contributed by atoms with Crippen LogP contribution in [0.2, 0.25) is 0 Å². The lowest BCUT2D eigenvalue weighted by molar-refractivity contribution is -0.141. The average molecular weight is 372 g/mol. The first-order valence-electron chi connectivity index (χ1n) is 7.90. The van der Waals surface area contributed by atoms with Crippen LogP contribution in [0.25, 0.3) is 0 Å². The standard InChI is InChI=1S/C16H23F3N6O/c1-15(2,3)10-25(23-14(26)6-7-24(4)5)13-8-11(16(17,18)19)21-12(9-20)22-13/h8H,6-7,10H2,1-5H3,(H,23,26). The Balaban J connectivity index is 3.21. The molecule has 0 aliphatic heterocycles. The van der Waals surface area contributed by atoms with Gasteiger partial charge in [-0.15, -0.1) is 0 Å². The van der Waals surface area contributed by atoms with Crippen LogP contribution in [0.4, 0.5) is 19.0 Å². The number of amides is 1. The molecule has 0 aliphatic rings. The van der Waals surface area contributed by atoms with E-state index >= 15 is 0 Å². The van der Waals surface area contributed by atoms with E-state index in [0.717, 1.165) is 6.07 Å². The monoisotopic (exact) mass is 372 g/mol. The maximum atomic E-state index is 13.0. The Morgan fingerprint density at radius 3 is 2.35 bits per heavy atom. The molecule has 26 heavy (non-hydrogen) atoms. The molecule has 0 atom stereocenters. The van der Waals surface area contributed by atoms with Crippen molar-refractivity contribution in [3.63, 3.8) is 0 Å². The van der Waals surface area contributed by atoms with Crippen LogP contribution in [-0.4, -0.2) is 48.0 Å². The number of alkyl halides is 3. The van der Waals surface area contributed by atoms with Crippen LogP contribution in [0.5, 0.6) is 0 Å². The summed E-state index contributed by atoms with van der Waals surface area (Å²) in [4.78, 5) is 21.0. The van der Waals surface area contributed by atoms with Gasteiger partial charge in [-0.1, -0.05) is 20.8 Å². The number of carbonyl (C=O) groups is 1. The van der Waals surface area contributed by atoms with E-state index in [1.54, 1.807) is 14.1 Å². The number of aromatic nitrogens is 2. The van der Waals surface area contributed by atoms with E-state index in [0.29, 0.717) is 6.54 Å². The first-order chi connectivity index (χ1) is 11.8. The quantitative estimate of drug-likeness (QED) is 0.771. The number of rotatable bonds is 6. The van der Waals surface area contributed by atoms with Crippen molar-refractivity contribution in [3.8, 4) is 6.07 Å². The summed E-state index contributed by atoms with van der Waals surface area (Å²) in [5.74, 6) is -1.16. The number of nitriles is 1. The smallest absolute Gasteiger partial charge is 0.309 e. The third kappa shape index (κ3) is 7.23. The second-order valence-electron chi connectivity index (χ2n) is 7.28. The maximum Gasteiger partial charge on any atom is 0.433 e.